The lowest BCUT2D eigenvalue weighted by Crippen LogP contribution is -2.39. The first-order chi connectivity index (χ1) is 9.58. The molecule has 1 aromatic carbocycles. The lowest BCUT2D eigenvalue weighted by Gasteiger charge is -2.20. The zero-order valence-electron chi connectivity index (χ0n) is 13.0. The molecule has 2 atom stereocenters. The molecule has 0 aliphatic rings. The van der Waals surface area contributed by atoms with Gasteiger partial charge in [0.05, 0.1) is 6.04 Å². The minimum absolute atomic E-state index is 0.163. The van der Waals surface area contributed by atoms with Gasteiger partial charge in [0.1, 0.15) is 0 Å². The molecule has 0 saturated carbocycles. The van der Waals surface area contributed by atoms with Crippen LogP contribution in [-0.2, 0) is 0 Å². The molecule has 3 N–H and O–H groups in total. The van der Waals surface area contributed by atoms with Gasteiger partial charge in [0.25, 0.3) is 0 Å². The van der Waals surface area contributed by atoms with Crippen molar-refractivity contribution >= 4 is 5.96 Å². The number of benzene rings is 1. The quantitative estimate of drug-likeness (QED) is 0.552. The van der Waals surface area contributed by atoms with Crippen LogP contribution in [0.25, 0.3) is 0 Å². The number of hydrogen-bond donors (Lipinski definition) is 3. The molecular weight excluding hydrogens is 250 g/mol. The second kappa shape index (κ2) is 8.59. The number of nitrogens with one attached hydrogen (secondary N) is 2. The van der Waals surface area contributed by atoms with Crippen molar-refractivity contribution in [2.45, 2.75) is 33.7 Å². The van der Waals surface area contributed by atoms with Crippen LogP contribution in [0, 0.1) is 12.8 Å². The summed E-state index contributed by atoms with van der Waals surface area (Å²) in [4.78, 5) is 4.51. The largest absolute Gasteiger partial charge is 0.396 e. The number of hydrogen-bond acceptors (Lipinski definition) is 2. The standard InChI is InChI=1S/C16H27N3O/c1-5-17-16(18-10-12(2)11-20)19-14(4)15-9-7-6-8-13(15)3/h6-9,12,14,20H,5,10-11H2,1-4H3,(H2,17,18,19). The molecule has 1 rings (SSSR count). The Bertz CT molecular complexity index is 431. The maximum atomic E-state index is 9.06. The van der Waals surface area contributed by atoms with Gasteiger partial charge in [-0.3, -0.25) is 4.99 Å². The van der Waals surface area contributed by atoms with Gasteiger partial charge in [-0.2, -0.15) is 0 Å². The van der Waals surface area contributed by atoms with Crippen LogP contribution in [0.15, 0.2) is 29.3 Å². The topological polar surface area (TPSA) is 56.7 Å². The molecule has 0 fully saturated rings. The van der Waals surface area contributed by atoms with Crippen molar-refractivity contribution < 1.29 is 5.11 Å². The maximum Gasteiger partial charge on any atom is 0.191 e. The molecule has 1 aromatic rings. The Hall–Kier alpha value is -1.55. The first-order valence-electron chi connectivity index (χ1n) is 7.29. The van der Waals surface area contributed by atoms with E-state index in [0.717, 1.165) is 12.5 Å². The van der Waals surface area contributed by atoms with Gasteiger partial charge in [-0.05, 0) is 37.8 Å². The van der Waals surface area contributed by atoms with Crippen molar-refractivity contribution in [3.8, 4) is 0 Å². The first-order valence-corrected chi connectivity index (χ1v) is 7.29. The molecule has 0 heterocycles. The molecule has 0 aromatic heterocycles. The lowest BCUT2D eigenvalue weighted by atomic mass is 10.0. The smallest absolute Gasteiger partial charge is 0.191 e. The third kappa shape index (κ3) is 5.21. The average Bonchev–Trinajstić information content (AvgIpc) is 2.44. The van der Waals surface area contributed by atoms with Crippen molar-refractivity contribution in [2.24, 2.45) is 10.9 Å². The van der Waals surface area contributed by atoms with Crippen molar-refractivity contribution in [3.63, 3.8) is 0 Å². The van der Waals surface area contributed by atoms with Crippen LogP contribution < -0.4 is 10.6 Å². The van der Waals surface area contributed by atoms with E-state index in [9.17, 15) is 0 Å². The van der Waals surface area contributed by atoms with Gasteiger partial charge in [0, 0.05) is 19.7 Å². The summed E-state index contributed by atoms with van der Waals surface area (Å²) in [6.45, 7) is 9.88. The Morgan fingerprint density at radius 2 is 2.00 bits per heavy atom. The third-order valence-corrected chi connectivity index (χ3v) is 3.23. The summed E-state index contributed by atoms with van der Waals surface area (Å²) in [5.74, 6) is 0.975. The molecule has 20 heavy (non-hydrogen) atoms. The Morgan fingerprint density at radius 3 is 2.60 bits per heavy atom. The monoisotopic (exact) mass is 277 g/mol. The van der Waals surface area contributed by atoms with E-state index >= 15 is 0 Å². The predicted molar refractivity (Wildman–Crippen MR) is 85.0 cm³/mol. The molecular formula is C16H27N3O. The van der Waals surface area contributed by atoms with Crippen LogP contribution in [-0.4, -0.2) is 30.8 Å². The van der Waals surface area contributed by atoms with Crippen LogP contribution >= 0.6 is 0 Å². The number of aliphatic hydroxyl groups is 1. The third-order valence-electron chi connectivity index (χ3n) is 3.23. The van der Waals surface area contributed by atoms with Gasteiger partial charge in [0.15, 0.2) is 5.96 Å². The molecule has 0 spiro atoms. The number of aryl methyl sites for hydroxylation is 1. The molecule has 0 saturated heterocycles. The highest BCUT2D eigenvalue weighted by Crippen LogP contribution is 2.16. The van der Waals surface area contributed by atoms with E-state index < -0.39 is 0 Å². The van der Waals surface area contributed by atoms with E-state index in [4.69, 9.17) is 5.11 Å². The molecule has 0 aliphatic carbocycles. The molecule has 2 unspecified atom stereocenters. The van der Waals surface area contributed by atoms with Gasteiger partial charge < -0.3 is 15.7 Å². The fourth-order valence-corrected chi connectivity index (χ4v) is 1.98. The van der Waals surface area contributed by atoms with E-state index in [2.05, 4.69) is 47.7 Å². The van der Waals surface area contributed by atoms with Gasteiger partial charge in [-0.1, -0.05) is 31.2 Å². The summed E-state index contributed by atoms with van der Waals surface area (Å²) in [6.07, 6.45) is 0. The second-order valence-electron chi connectivity index (χ2n) is 5.23. The van der Waals surface area contributed by atoms with Gasteiger partial charge in [0.2, 0.25) is 0 Å². The van der Waals surface area contributed by atoms with E-state index in [1.165, 1.54) is 11.1 Å². The van der Waals surface area contributed by atoms with Crippen LogP contribution in [0.3, 0.4) is 0 Å². The summed E-state index contributed by atoms with van der Waals surface area (Å²) in [5, 5.41) is 15.7. The maximum absolute atomic E-state index is 9.06. The fourth-order valence-electron chi connectivity index (χ4n) is 1.98. The molecule has 0 amide bonds. The number of guanidine groups is 1. The predicted octanol–water partition coefficient (Wildman–Crippen LogP) is 2.24. The van der Waals surface area contributed by atoms with E-state index in [0.29, 0.717) is 6.54 Å². The van der Waals surface area contributed by atoms with Crippen LogP contribution in [0.1, 0.15) is 37.9 Å². The van der Waals surface area contributed by atoms with E-state index in [1.807, 2.05) is 19.9 Å². The lowest BCUT2D eigenvalue weighted by molar-refractivity contribution is 0.241. The zero-order valence-corrected chi connectivity index (χ0v) is 13.0. The number of rotatable bonds is 6. The van der Waals surface area contributed by atoms with Crippen molar-refractivity contribution in [1.82, 2.24) is 10.6 Å². The van der Waals surface area contributed by atoms with E-state index in [1.54, 1.807) is 0 Å². The highest BCUT2D eigenvalue weighted by molar-refractivity contribution is 5.80. The highest BCUT2D eigenvalue weighted by atomic mass is 16.3. The number of aliphatic imine (C=N–C) groups is 1. The summed E-state index contributed by atoms with van der Waals surface area (Å²) >= 11 is 0. The minimum atomic E-state index is 0.163. The fraction of sp³-hybridized carbons (Fsp3) is 0.562. The second-order valence-corrected chi connectivity index (χ2v) is 5.23. The van der Waals surface area contributed by atoms with Crippen molar-refractivity contribution in [1.29, 1.82) is 0 Å². The van der Waals surface area contributed by atoms with Crippen molar-refractivity contribution in [3.05, 3.63) is 35.4 Å². The molecule has 0 aliphatic heterocycles. The average molecular weight is 277 g/mol. The molecule has 0 radical (unpaired) electrons. The molecule has 0 bridgehead atoms. The molecule has 112 valence electrons. The molecule has 4 nitrogen and oxygen atoms in total. The normalized spacial score (nSPS) is 14.8. The summed E-state index contributed by atoms with van der Waals surface area (Å²) in [6, 6.07) is 8.54. The highest BCUT2D eigenvalue weighted by Gasteiger charge is 2.10. The van der Waals surface area contributed by atoms with Crippen LogP contribution in [0.4, 0.5) is 0 Å². The zero-order chi connectivity index (χ0) is 15.0. The summed E-state index contributed by atoms with van der Waals surface area (Å²) < 4.78 is 0. The van der Waals surface area contributed by atoms with Gasteiger partial charge in [-0.15, -0.1) is 0 Å². The SMILES string of the molecule is CCNC(=NCC(C)CO)NC(C)c1ccccc1C. The Kier molecular flexibility index (Phi) is 7.09. The summed E-state index contributed by atoms with van der Waals surface area (Å²) in [7, 11) is 0. The Morgan fingerprint density at radius 1 is 1.30 bits per heavy atom. The number of aliphatic hydroxyl groups excluding tert-OH is 1. The Balaban J connectivity index is 2.72. The van der Waals surface area contributed by atoms with Gasteiger partial charge in [-0.25, -0.2) is 0 Å². The number of nitrogens with zero attached hydrogens (tertiary/aromatic N) is 1. The summed E-state index contributed by atoms with van der Waals surface area (Å²) in [5.41, 5.74) is 2.54. The van der Waals surface area contributed by atoms with Crippen LogP contribution in [0.2, 0.25) is 0 Å². The molecule has 4 heteroatoms. The van der Waals surface area contributed by atoms with E-state index in [-0.39, 0.29) is 18.6 Å². The van der Waals surface area contributed by atoms with Gasteiger partial charge >= 0.3 is 0 Å². The van der Waals surface area contributed by atoms with Crippen LogP contribution in [0.5, 0.6) is 0 Å². The van der Waals surface area contributed by atoms with Crippen molar-refractivity contribution in [2.75, 3.05) is 19.7 Å². The Labute approximate surface area is 122 Å². The minimum Gasteiger partial charge on any atom is -0.396 e. The first kappa shape index (κ1) is 16.5.